The number of guanidine groups is 1. The molecule has 2 heterocycles. The summed E-state index contributed by atoms with van der Waals surface area (Å²) in [6.45, 7) is 8.70. The molecule has 2 aromatic carbocycles. The molecule has 0 spiro atoms. The quantitative estimate of drug-likeness (QED) is 0.142. The van der Waals surface area contributed by atoms with Gasteiger partial charge in [-0.3, -0.25) is 0 Å². The summed E-state index contributed by atoms with van der Waals surface area (Å²) in [5, 5.41) is 6.78. The average molecular weight is 578 g/mol. The zero-order valence-corrected chi connectivity index (χ0v) is 22.4. The van der Waals surface area contributed by atoms with E-state index in [0.29, 0.717) is 19.1 Å². The van der Waals surface area contributed by atoms with Crippen LogP contribution in [-0.4, -0.2) is 48.8 Å². The number of nitrogens with one attached hydrogen (secondary N) is 3. The third-order valence-electron chi connectivity index (χ3n) is 5.79. The van der Waals surface area contributed by atoms with Gasteiger partial charge in [0.05, 0.1) is 30.8 Å². The summed E-state index contributed by atoms with van der Waals surface area (Å²) < 4.78 is 11.6. The molecule has 0 saturated carbocycles. The Morgan fingerprint density at radius 2 is 2.12 bits per heavy atom. The van der Waals surface area contributed by atoms with Gasteiger partial charge in [-0.2, -0.15) is 0 Å². The first-order valence-corrected chi connectivity index (χ1v) is 12.0. The van der Waals surface area contributed by atoms with Crippen LogP contribution in [0.3, 0.4) is 0 Å². The zero-order valence-electron chi connectivity index (χ0n) is 20.1. The van der Waals surface area contributed by atoms with Crippen LogP contribution in [0.25, 0.3) is 11.0 Å². The van der Waals surface area contributed by atoms with E-state index >= 15 is 0 Å². The van der Waals surface area contributed by atoms with Gasteiger partial charge >= 0.3 is 0 Å². The molecular formula is C26H36IN5O2. The minimum Gasteiger partial charge on any atom is -0.493 e. The van der Waals surface area contributed by atoms with Crippen molar-refractivity contribution in [1.29, 1.82) is 0 Å². The van der Waals surface area contributed by atoms with E-state index in [-0.39, 0.29) is 24.0 Å². The van der Waals surface area contributed by atoms with E-state index in [2.05, 4.69) is 58.7 Å². The normalized spacial score (nSPS) is 15.8. The largest absolute Gasteiger partial charge is 0.493 e. The number of nitrogens with zero attached hydrogens (tertiary/aromatic N) is 2. The van der Waals surface area contributed by atoms with Crippen LogP contribution in [-0.2, 0) is 17.7 Å². The van der Waals surface area contributed by atoms with E-state index in [1.165, 1.54) is 5.56 Å². The molecular weight excluding hydrogens is 541 g/mol. The van der Waals surface area contributed by atoms with Crippen LogP contribution >= 0.6 is 24.0 Å². The van der Waals surface area contributed by atoms with Gasteiger partial charge in [-0.05, 0) is 50.5 Å². The lowest BCUT2D eigenvalue weighted by Gasteiger charge is -2.15. The van der Waals surface area contributed by atoms with Crippen LogP contribution in [0.15, 0.2) is 47.5 Å². The molecule has 7 nitrogen and oxygen atoms in total. The molecule has 0 radical (unpaired) electrons. The highest BCUT2D eigenvalue weighted by Gasteiger charge is 2.17. The Labute approximate surface area is 219 Å². The molecule has 1 aliphatic rings. The van der Waals surface area contributed by atoms with Crippen molar-refractivity contribution in [3.05, 3.63) is 59.4 Å². The third-order valence-corrected chi connectivity index (χ3v) is 5.79. The maximum Gasteiger partial charge on any atom is 0.191 e. The van der Waals surface area contributed by atoms with Gasteiger partial charge in [0, 0.05) is 37.6 Å². The molecule has 1 fully saturated rings. The number of ether oxygens (including phenoxy) is 2. The van der Waals surface area contributed by atoms with E-state index in [1.54, 1.807) is 0 Å². The van der Waals surface area contributed by atoms with E-state index in [0.717, 1.165) is 79.7 Å². The van der Waals surface area contributed by atoms with E-state index < -0.39 is 0 Å². The maximum absolute atomic E-state index is 6.17. The molecule has 1 aromatic heterocycles. The van der Waals surface area contributed by atoms with Crippen LogP contribution < -0.4 is 15.4 Å². The summed E-state index contributed by atoms with van der Waals surface area (Å²) in [6.07, 6.45) is 2.93. The topological polar surface area (TPSA) is 83.6 Å². The average Bonchev–Trinajstić information content (AvgIpc) is 3.49. The van der Waals surface area contributed by atoms with E-state index in [4.69, 9.17) is 14.5 Å². The Morgan fingerprint density at radius 1 is 1.24 bits per heavy atom. The van der Waals surface area contributed by atoms with E-state index in [1.807, 2.05) is 18.2 Å². The number of hydrogen-bond donors (Lipinski definition) is 3. The maximum atomic E-state index is 6.17. The lowest BCUT2D eigenvalue weighted by Crippen LogP contribution is -2.37. The number of hydrogen-bond acceptors (Lipinski definition) is 4. The predicted molar refractivity (Wildman–Crippen MR) is 148 cm³/mol. The van der Waals surface area contributed by atoms with Gasteiger partial charge in [-0.15, -0.1) is 24.0 Å². The minimum absolute atomic E-state index is 0. The molecule has 1 saturated heterocycles. The van der Waals surface area contributed by atoms with Crippen molar-refractivity contribution in [2.45, 2.75) is 39.7 Å². The van der Waals surface area contributed by atoms with Crippen LogP contribution in [0.4, 0.5) is 0 Å². The lowest BCUT2D eigenvalue weighted by molar-refractivity contribution is 0.166. The Bertz CT molecular complexity index is 1030. The number of halogens is 1. The molecule has 1 atom stereocenters. The first-order chi connectivity index (χ1) is 16.2. The molecule has 3 aromatic rings. The number of para-hydroxylation sites is 2. The van der Waals surface area contributed by atoms with Gasteiger partial charge in [0.1, 0.15) is 11.6 Å². The summed E-state index contributed by atoms with van der Waals surface area (Å²) in [5.41, 5.74) is 4.40. The van der Waals surface area contributed by atoms with Crippen molar-refractivity contribution in [3.63, 3.8) is 0 Å². The Balaban J connectivity index is 0.00000324. The molecule has 0 aliphatic carbocycles. The van der Waals surface area contributed by atoms with E-state index in [9.17, 15) is 0 Å². The molecule has 34 heavy (non-hydrogen) atoms. The fourth-order valence-corrected chi connectivity index (χ4v) is 3.94. The number of aliphatic imine (C=N–C) groups is 1. The number of aromatic amines is 1. The van der Waals surface area contributed by atoms with Crippen molar-refractivity contribution in [1.82, 2.24) is 20.6 Å². The smallest absolute Gasteiger partial charge is 0.191 e. The van der Waals surface area contributed by atoms with Gasteiger partial charge in [0.25, 0.3) is 0 Å². The second-order valence-corrected chi connectivity index (χ2v) is 8.58. The Kier molecular flexibility index (Phi) is 10.5. The molecule has 184 valence electrons. The van der Waals surface area contributed by atoms with Gasteiger partial charge in [0.15, 0.2) is 5.96 Å². The molecule has 3 N–H and O–H groups in total. The SMILES string of the molecule is CCNC(=NCc1ccc(C)cc1OCC1CCOC1)NCCCc1nc2ccccc2[nH]1.I. The van der Waals surface area contributed by atoms with Crippen molar-refractivity contribution < 1.29 is 9.47 Å². The fourth-order valence-electron chi connectivity index (χ4n) is 3.94. The standard InChI is InChI=1S/C26H35N5O2.HI/c1-3-27-26(28-13-6-9-25-30-22-7-4-5-8-23(22)31-25)29-16-21-11-10-19(2)15-24(21)33-18-20-12-14-32-17-20;/h4-5,7-8,10-11,15,20H,3,6,9,12-14,16-18H2,1-2H3,(H,30,31)(H2,27,28,29);1H. The summed E-state index contributed by atoms with van der Waals surface area (Å²) in [4.78, 5) is 12.8. The van der Waals surface area contributed by atoms with Crippen LogP contribution in [0, 0.1) is 12.8 Å². The number of aryl methyl sites for hydroxylation is 2. The Hall–Kier alpha value is -2.33. The van der Waals surface area contributed by atoms with Gasteiger partial charge in [-0.25, -0.2) is 9.98 Å². The zero-order chi connectivity index (χ0) is 22.9. The molecule has 1 unspecified atom stereocenters. The number of H-pyrrole nitrogens is 1. The Morgan fingerprint density at radius 3 is 2.91 bits per heavy atom. The third kappa shape index (κ3) is 7.59. The lowest BCUT2D eigenvalue weighted by atomic mass is 10.1. The van der Waals surface area contributed by atoms with Crippen LogP contribution in [0.2, 0.25) is 0 Å². The summed E-state index contributed by atoms with van der Waals surface area (Å²) in [6, 6.07) is 14.5. The predicted octanol–water partition coefficient (Wildman–Crippen LogP) is 4.59. The van der Waals surface area contributed by atoms with Gasteiger partial charge in [0.2, 0.25) is 0 Å². The first kappa shape index (κ1) is 26.3. The number of fused-ring (bicyclic) bond motifs is 1. The van der Waals surface area contributed by atoms with Gasteiger partial charge in [-0.1, -0.05) is 24.3 Å². The number of imidazole rings is 1. The highest BCUT2D eigenvalue weighted by atomic mass is 127. The molecule has 0 bridgehead atoms. The highest BCUT2D eigenvalue weighted by Crippen LogP contribution is 2.23. The monoisotopic (exact) mass is 577 g/mol. The fraction of sp³-hybridized carbons (Fsp3) is 0.462. The van der Waals surface area contributed by atoms with Gasteiger partial charge < -0.3 is 25.1 Å². The second kappa shape index (κ2) is 13.5. The highest BCUT2D eigenvalue weighted by molar-refractivity contribution is 14.0. The van der Waals surface area contributed by atoms with Crippen molar-refractivity contribution >= 4 is 41.0 Å². The van der Waals surface area contributed by atoms with Crippen LogP contribution in [0.1, 0.15) is 36.7 Å². The molecule has 0 amide bonds. The number of rotatable bonds is 10. The second-order valence-electron chi connectivity index (χ2n) is 8.58. The molecule has 8 heteroatoms. The molecule has 1 aliphatic heterocycles. The minimum atomic E-state index is 0. The summed E-state index contributed by atoms with van der Waals surface area (Å²) >= 11 is 0. The molecule has 4 rings (SSSR count). The van der Waals surface area contributed by atoms with Crippen LogP contribution in [0.5, 0.6) is 5.75 Å². The van der Waals surface area contributed by atoms with Crippen molar-refractivity contribution in [3.8, 4) is 5.75 Å². The number of aromatic nitrogens is 2. The first-order valence-electron chi connectivity index (χ1n) is 12.0. The van der Waals surface area contributed by atoms with Crippen molar-refractivity contribution in [2.75, 3.05) is 32.9 Å². The summed E-state index contributed by atoms with van der Waals surface area (Å²) in [7, 11) is 0. The number of benzene rings is 2. The van der Waals surface area contributed by atoms with Crippen molar-refractivity contribution in [2.24, 2.45) is 10.9 Å². The summed E-state index contributed by atoms with van der Waals surface area (Å²) in [5.74, 6) is 3.24.